The molecule has 0 unspecified atom stereocenters. The monoisotopic (exact) mass is 345 g/mol. The standard InChI is InChI=1S/C18H23N3O4/c1-17(2)11-20(12-18(25-17)9-19-10-18)15(22)13-3-5-14(6-4-13)21-7-8-24-16(21)23/h3-6,19H,7-12H2,1-2H3. The predicted octanol–water partition coefficient (Wildman–Crippen LogP) is 1.24. The maximum absolute atomic E-state index is 13.0. The molecule has 7 nitrogen and oxygen atoms in total. The van der Waals surface area contributed by atoms with Crippen LogP contribution in [0.1, 0.15) is 24.2 Å². The summed E-state index contributed by atoms with van der Waals surface area (Å²) in [6.07, 6.45) is -0.339. The van der Waals surface area contributed by atoms with Crippen LogP contribution >= 0.6 is 0 Å². The van der Waals surface area contributed by atoms with Crippen LogP contribution in [0.15, 0.2) is 24.3 Å². The van der Waals surface area contributed by atoms with Crippen LogP contribution in [-0.2, 0) is 9.47 Å². The van der Waals surface area contributed by atoms with Crippen LogP contribution in [0.5, 0.6) is 0 Å². The Morgan fingerprint density at radius 3 is 2.44 bits per heavy atom. The Kier molecular flexibility index (Phi) is 3.73. The lowest BCUT2D eigenvalue weighted by Gasteiger charge is -2.54. The van der Waals surface area contributed by atoms with Gasteiger partial charge in [-0.2, -0.15) is 0 Å². The molecule has 3 aliphatic rings. The summed E-state index contributed by atoms with van der Waals surface area (Å²) in [5.74, 6) is -0.00167. The molecule has 0 aromatic heterocycles. The first kappa shape index (κ1) is 16.4. The fourth-order valence-electron chi connectivity index (χ4n) is 3.84. The van der Waals surface area contributed by atoms with Gasteiger partial charge in [-0.3, -0.25) is 9.69 Å². The molecule has 0 atom stereocenters. The molecular formula is C18H23N3O4. The van der Waals surface area contributed by atoms with Gasteiger partial charge in [-0.05, 0) is 38.1 Å². The molecule has 7 heteroatoms. The molecule has 0 aliphatic carbocycles. The molecule has 0 radical (unpaired) electrons. The van der Waals surface area contributed by atoms with Crippen molar-refractivity contribution in [2.45, 2.75) is 25.0 Å². The molecule has 1 spiro atoms. The van der Waals surface area contributed by atoms with Gasteiger partial charge in [0.1, 0.15) is 12.2 Å². The molecule has 0 saturated carbocycles. The van der Waals surface area contributed by atoms with Gasteiger partial charge in [0.15, 0.2) is 0 Å². The second kappa shape index (κ2) is 5.71. The quantitative estimate of drug-likeness (QED) is 0.873. The molecule has 2 amide bonds. The zero-order valence-electron chi connectivity index (χ0n) is 14.6. The summed E-state index contributed by atoms with van der Waals surface area (Å²) >= 11 is 0. The summed E-state index contributed by atoms with van der Waals surface area (Å²) in [7, 11) is 0. The maximum atomic E-state index is 13.0. The number of benzene rings is 1. The van der Waals surface area contributed by atoms with Crippen molar-refractivity contribution in [2.75, 3.05) is 44.2 Å². The lowest BCUT2D eigenvalue weighted by Crippen LogP contribution is -2.73. The van der Waals surface area contributed by atoms with Crippen LogP contribution in [0.3, 0.4) is 0 Å². The lowest BCUT2D eigenvalue weighted by atomic mass is 9.90. The van der Waals surface area contributed by atoms with Crippen molar-refractivity contribution in [1.29, 1.82) is 0 Å². The van der Waals surface area contributed by atoms with Gasteiger partial charge >= 0.3 is 6.09 Å². The van der Waals surface area contributed by atoms with Gasteiger partial charge in [0, 0.05) is 30.9 Å². The van der Waals surface area contributed by atoms with Gasteiger partial charge in [0.25, 0.3) is 5.91 Å². The normalized spacial score (nSPS) is 24.2. The second-order valence-corrected chi connectivity index (χ2v) is 7.62. The SMILES string of the molecule is CC1(C)CN(C(=O)c2ccc(N3CCOC3=O)cc2)CC2(CNC2)O1. The van der Waals surface area contributed by atoms with Crippen LogP contribution in [0, 0.1) is 0 Å². The molecular weight excluding hydrogens is 322 g/mol. The number of hydrogen-bond acceptors (Lipinski definition) is 5. The van der Waals surface area contributed by atoms with Crippen molar-refractivity contribution in [2.24, 2.45) is 0 Å². The molecule has 3 saturated heterocycles. The van der Waals surface area contributed by atoms with Gasteiger partial charge in [0.05, 0.1) is 18.7 Å². The summed E-state index contributed by atoms with van der Waals surface area (Å²) in [6.45, 7) is 7.70. The Bertz CT molecular complexity index is 697. The number of carbonyl (C=O) groups excluding carboxylic acids is 2. The van der Waals surface area contributed by atoms with Crippen LogP contribution in [0.25, 0.3) is 0 Å². The van der Waals surface area contributed by atoms with Gasteiger partial charge in [-0.15, -0.1) is 0 Å². The van der Waals surface area contributed by atoms with E-state index in [2.05, 4.69) is 5.32 Å². The smallest absolute Gasteiger partial charge is 0.414 e. The highest BCUT2D eigenvalue weighted by Gasteiger charge is 2.49. The van der Waals surface area contributed by atoms with Crippen LogP contribution < -0.4 is 10.2 Å². The average Bonchev–Trinajstić information content (AvgIpc) is 2.97. The number of rotatable bonds is 2. The van der Waals surface area contributed by atoms with E-state index >= 15 is 0 Å². The third-order valence-corrected chi connectivity index (χ3v) is 4.91. The van der Waals surface area contributed by atoms with Gasteiger partial charge < -0.3 is 19.7 Å². The summed E-state index contributed by atoms with van der Waals surface area (Å²) in [4.78, 5) is 28.0. The topological polar surface area (TPSA) is 71.1 Å². The first-order chi connectivity index (χ1) is 11.9. The molecule has 4 rings (SSSR count). The maximum Gasteiger partial charge on any atom is 0.414 e. The van der Waals surface area contributed by atoms with Crippen LogP contribution in [0.4, 0.5) is 10.5 Å². The molecule has 3 heterocycles. The highest BCUT2D eigenvalue weighted by atomic mass is 16.6. The predicted molar refractivity (Wildman–Crippen MR) is 91.8 cm³/mol. The van der Waals surface area contributed by atoms with E-state index in [1.807, 2.05) is 18.7 Å². The minimum atomic E-state index is -0.366. The number of nitrogens with one attached hydrogen (secondary N) is 1. The molecule has 0 bridgehead atoms. The number of hydrogen-bond donors (Lipinski definition) is 1. The fraction of sp³-hybridized carbons (Fsp3) is 0.556. The average molecular weight is 345 g/mol. The minimum absolute atomic E-state index is 0.00167. The van der Waals surface area contributed by atoms with Crippen molar-refractivity contribution < 1.29 is 19.1 Å². The number of morpholine rings is 1. The lowest BCUT2D eigenvalue weighted by molar-refractivity contribution is -0.206. The van der Waals surface area contributed by atoms with Crippen LogP contribution in [0.2, 0.25) is 0 Å². The summed E-state index contributed by atoms with van der Waals surface area (Å²) in [6, 6.07) is 7.15. The fourth-order valence-corrected chi connectivity index (χ4v) is 3.84. The van der Waals surface area contributed by atoms with E-state index in [1.165, 1.54) is 0 Å². The Labute approximate surface area is 146 Å². The summed E-state index contributed by atoms with van der Waals surface area (Å²) in [5, 5.41) is 3.24. The van der Waals surface area contributed by atoms with Gasteiger partial charge in [-0.25, -0.2) is 4.79 Å². The number of cyclic esters (lactones) is 1. The molecule has 1 aromatic rings. The van der Waals surface area contributed by atoms with Crippen molar-refractivity contribution in [1.82, 2.24) is 10.2 Å². The van der Waals surface area contributed by atoms with E-state index in [1.54, 1.807) is 29.2 Å². The Balaban J connectivity index is 1.51. The zero-order chi connectivity index (χ0) is 17.7. The largest absolute Gasteiger partial charge is 0.447 e. The van der Waals surface area contributed by atoms with Crippen molar-refractivity contribution in [3.8, 4) is 0 Å². The third kappa shape index (κ3) is 2.98. The number of amides is 2. The van der Waals surface area contributed by atoms with Gasteiger partial charge in [0.2, 0.25) is 0 Å². The summed E-state index contributed by atoms with van der Waals surface area (Å²) in [5.41, 5.74) is 0.740. The number of anilines is 1. The Hall–Kier alpha value is -2.12. The molecule has 134 valence electrons. The molecule has 25 heavy (non-hydrogen) atoms. The molecule has 3 fully saturated rings. The van der Waals surface area contributed by atoms with E-state index in [0.29, 0.717) is 31.8 Å². The van der Waals surface area contributed by atoms with Crippen LogP contribution in [-0.4, -0.2) is 67.4 Å². The van der Waals surface area contributed by atoms with Gasteiger partial charge in [-0.1, -0.05) is 0 Å². The van der Waals surface area contributed by atoms with E-state index in [0.717, 1.165) is 18.8 Å². The minimum Gasteiger partial charge on any atom is -0.447 e. The molecule has 3 aliphatic heterocycles. The zero-order valence-corrected chi connectivity index (χ0v) is 14.6. The van der Waals surface area contributed by atoms with Crippen molar-refractivity contribution in [3.63, 3.8) is 0 Å². The van der Waals surface area contributed by atoms with Crippen molar-refractivity contribution >= 4 is 17.7 Å². The molecule has 1 aromatic carbocycles. The highest BCUT2D eigenvalue weighted by Crippen LogP contribution is 2.32. The first-order valence-corrected chi connectivity index (χ1v) is 8.62. The van der Waals surface area contributed by atoms with E-state index < -0.39 is 0 Å². The van der Waals surface area contributed by atoms with E-state index in [-0.39, 0.29) is 23.2 Å². The Morgan fingerprint density at radius 1 is 1.16 bits per heavy atom. The molecule has 1 N–H and O–H groups in total. The highest BCUT2D eigenvalue weighted by molar-refractivity contribution is 5.96. The second-order valence-electron chi connectivity index (χ2n) is 7.62. The third-order valence-electron chi connectivity index (χ3n) is 4.91. The van der Waals surface area contributed by atoms with E-state index in [4.69, 9.17) is 9.47 Å². The number of ether oxygens (including phenoxy) is 2. The van der Waals surface area contributed by atoms with E-state index in [9.17, 15) is 9.59 Å². The Morgan fingerprint density at radius 2 is 1.88 bits per heavy atom. The number of nitrogens with zero attached hydrogens (tertiary/aromatic N) is 2. The van der Waals surface area contributed by atoms with Crippen molar-refractivity contribution in [3.05, 3.63) is 29.8 Å². The number of carbonyl (C=O) groups is 2. The summed E-state index contributed by atoms with van der Waals surface area (Å²) < 4.78 is 11.1. The first-order valence-electron chi connectivity index (χ1n) is 8.62.